The average Bonchev–Trinajstić information content (AvgIpc) is 3.62. The maximum atomic E-state index is 14.0. The van der Waals surface area contributed by atoms with Crippen molar-refractivity contribution in [1.82, 2.24) is 9.55 Å². The quantitative estimate of drug-likeness (QED) is 0.162. The van der Waals surface area contributed by atoms with Gasteiger partial charge in [0.05, 0.1) is 16.6 Å². The van der Waals surface area contributed by atoms with Gasteiger partial charge in [-0.15, -0.1) is 0 Å². The van der Waals surface area contributed by atoms with E-state index in [0.29, 0.717) is 11.3 Å². The molecule has 0 atom stereocenters. The summed E-state index contributed by atoms with van der Waals surface area (Å²) in [4.78, 5) is 4.95. The van der Waals surface area contributed by atoms with Crippen molar-refractivity contribution in [2.75, 3.05) is 0 Å². The maximum Gasteiger partial charge on any atom is 0.416 e. The van der Waals surface area contributed by atoms with Crippen molar-refractivity contribution in [3.63, 3.8) is 0 Å². The summed E-state index contributed by atoms with van der Waals surface area (Å²) in [6.45, 7) is 0. The molecule has 0 radical (unpaired) electrons. The molecule has 10 aromatic rings. The van der Waals surface area contributed by atoms with Crippen LogP contribution >= 0.6 is 0 Å². The third-order valence-electron chi connectivity index (χ3n) is 10.6. The van der Waals surface area contributed by atoms with Gasteiger partial charge in [-0.2, -0.15) is 13.2 Å². The molecule has 0 bridgehead atoms. The van der Waals surface area contributed by atoms with E-state index in [-0.39, 0.29) is 5.52 Å². The van der Waals surface area contributed by atoms with Gasteiger partial charge in [-0.25, -0.2) is 4.98 Å². The largest absolute Gasteiger partial charge is 0.416 e. The van der Waals surface area contributed by atoms with E-state index >= 15 is 0 Å². The van der Waals surface area contributed by atoms with E-state index < -0.39 is 11.7 Å². The van der Waals surface area contributed by atoms with Crippen molar-refractivity contribution in [2.24, 2.45) is 0 Å². The molecule has 0 fully saturated rings. The average molecular weight is 717 g/mol. The summed E-state index contributed by atoms with van der Waals surface area (Å²) in [7, 11) is 0. The standard InChI is InChI=1S/C50H31F3N2/c51-50(52,53)37-27-28-46-45(31-37)54-49(44-24-11-6-19-39(44)33-14-2-1-3-15-33)55(46)38-18-12-17-35(30-38)47-40-20-7-9-22-42(40)48(43-23-10-8-21-41(43)47)36-26-25-32-13-4-5-16-34(32)29-36/h1-31H. The van der Waals surface area contributed by atoms with Crippen molar-refractivity contribution in [3.05, 3.63) is 194 Å². The first-order chi connectivity index (χ1) is 26.9. The van der Waals surface area contributed by atoms with Crippen LogP contribution < -0.4 is 0 Å². The number of nitrogens with zero attached hydrogens (tertiary/aromatic N) is 2. The summed E-state index contributed by atoms with van der Waals surface area (Å²) < 4.78 is 44.1. The Morgan fingerprint density at radius 1 is 0.418 bits per heavy atom. The molecule has 0 unspecified atom stereocenters. The number of hydrogen-bond acceptors (Lipinski definition) is 1. The first-order valence-electron chi connectivity index (χ1n) is 18.2. The van der Waals surface area contributed by atoms with Crippen LogP contribution in [0.2, 0.25) is 0 Å². The molecule has 0 saturated carbocycles. The van der Waals surface area contributed by atoms with Gasteiger partial charge in [0.2, 0.25) is 0 Å². The number of hydrogen-bond donors (Lipinski definition) is 0. The van der Waals surface area contributed by atoms with E-state index in [1.165, 1.54) is 22.4 Å². The number of fused-ring (bicyclic) bond motifs is 4. The van der Waals surface area contributed by atoms with Gasteiger partial charge in [0, 0.05) is 11.3 Å². The number of imidazole rings is 1. The summed E-state index contributed by atoms with van der Waals surface area (Å²) in [5, 5.41) is 6.89. The number of benzene rings is 9. The summed E-state index contributed by atoms with van der Waals surface area (Å²) in [5.74, 6) is 0.562. The molecule has 0 N–H and O–H groups in total. The summed E-state index contributed by atoms with van der Waals surface area (Å²) in [5.41, 5.74) is 8.08. The topological polar surface area (TPSA) is 17.8 Å². The van der Waals surface area contributed by atoms with Crippen molar-refractivity contribution in [1.29, 1.82) is 0 Å². The Morgan fingerprint density at radius 2 is 0.982 bits per heavy atom. The second-order valence-electron chi connectivity index (χ2n) is 13.8. The molecule has 9 aromatic carbocycles. The molecule has 55 heavy (non-hydrogen) atoms. The Balaban J connectivity index is 1.23. The van der Waals surface area contributed by atoms with Gasteiger partial charge in [-0.3, -0.25) is 4.57 Å². The molecule has 262 valence electrons. The number of aromatic nitrogens is 2. The molecule has 1 heterocycles. The van der Waals surface area contributed by atoms with E-state index in [1.54, 1.807) is 0 Å². The number of halogens is 3. The van der Waals surface area contributed by atoms with Crippen LogP contribution in [0.5, 0.6) is 0 Å². The highest BCUT2D eigenvalue weighted by molar-refractivity contribution is 6.21. The fourth-order valence-electron chi connectivity index (χ4n) is 8.14. The third kappa shape index (κ3) is 5.55. The zero-order chi connectivity index (χ0) is 37.1. The zero-order valence-electron chi connectivity index (χ0n) is 29.4. The second-order valence-corrected chi connectivity index (χ2v) is 13.8. The lowest BCUT2D eigenvalue weighted by Crippen LogP contribution is -2.04. The highest BCUT2D eigenvalue weighted by atomic mass is 19.4. The monoisotopic (exact) mass is 716 g/mol. The summed E-state index contributed by atoms with van der Waals surface area (Å²) in [6.07, 6.45) is -4.50. The Hall–Kier alpha value is -6.98. The van der Waals surface area contributed by atoms with E-state index in [2.05, 4.69) is 103 Å². The molecule has 5 heteroatoms. The van der Waals surface area contributed by atoms with Crippen LogP contribution in [0.4, 0.5) is 13.2 Å². The normalized spacial score (nSPS) is 11.9. The summed E-state index contributed by atoms with van der Waals surface area (Å²) >= 11 is 0. The van der Waals surface area contributed by atoms with Gasteiger partial charge in [-0.05, 0) is 102 Å². The summed E-state index contributed by atoms with van der Waals surface area (Å²) in [6, 6.07) is 62.2. The van der Waals surface area contributed by atoms with E-state index in [4.69, 9.17) is 4.98 Å². The smallest absolute Gasteiger partial charge is 0.292 e. The minimum absolute atomic E-state index is 0.272. The molecule has 10 rings (SSSR count). The number of alkyl halides is 3. The van der Waals surface area contributed by atoms with Gasteiger partial charge in [0.1, 0.15) is 5.82 Å². The Labute approximate surface area is 315 Å². The first kappa shape index (κ1) is 32.7. The van der Waals surface area contributed by atoms with Gasteiger partial charge < -0.3 is 0 Å². The zero-order valence-corrected chi connectivity index (χ0v) is 29.4. The van der Waals surface area contributed by atoms with Gasteiger partial charge >= 0.3 is 6.18 Å². The van der Waals surface area contributed by atoms with Gasteiger partial charge in [-0.1, -0.05) is 152 Å². The van der Waals surface area contributed by atoms with Crippen LogP contribution in [-0.2, 0) is 6.18 Å². The fourth-order valence-corrected chi connectivity index (χ4v) is 8.14. The number of rotatable bonds is 5. The Kier molecular flexibility index (Phi) is 7.63. The van der Waals surface area contributed by atoms with Crippen LogP contribution in [0.25, 0.3) is 93.8 Å². The molecule has 0 saturated heterocycles. The van der Waals surface area contributed by atoms with Crippen LogP contribution in [0, 0.1) is 0 Å². The lowest BCUT2D eigenvalue weighted by atomic mass is 9.85. The second kappa shape index (κ2) is 12.9. The predicted molar refractivity (Wildman–Crippen MR) is 220 cm³/mol. The first-order valence-corrected chi connectivity index (χ1v) is 18.2. The van der Waals surface area contributed by atoms with Crippen molar-refractivity contribution >= 4 is 43.4 Å². The van der Waals surface area contributed by atoms with Gasteiger partial charge in [0.25, 0.3) is 0 Å². The lowest BCUT2D eigenvalue weighted by molar-refractivity contribution is -0.137. The van der Waals surface area contributed by atoms with Crippen LogP contribution in [0.3, 0.4) is 0 Å². The van der Waals surface area contributed by atoms with Crippen LogP contribution in [0.15, 0.2) is 188 Å². The minimum atomic E-state index is -4.50. The highest BCUT2D eigenvalue weighted by Crippen LogP contribution is 2.45. The van der Waals surface area contributed by atoms with Crippen molar-refractivity contribution < 1.29 is 13.2 Å². The molecule has 0 aliphatic rings. The molecular formula is C50H31F3N2. The maximum absolute atomic E-state index is 14.0. The SMILES string of the molecule is FC(F)(F)c1ccc2c(c1)nc(-c1ccccc1-c1ccccc1)n2-c1cccc(-c2c3ccccc3c(-c3ccc4ccccc4c3)c3ccccc23)c1. The van der Waals surface area contributed by atoms with Crippen LogP contribution in [-0.4, -0.2) is 9.55 Å². The minimum Gasteiger partial charge on any atom is -0.292 e. The molecule has 1 aromatic heterocycles. The Bertz CT molecular complexity index is 3030. The van der Waals surface area contributed by atoms with Crippen LogP contribution in [0.1, 0.15) is 5.56 Å². The highest BCUT2D eigenvalue weighted by Gasteiger charge is 2.31. The van der Waals surface area contributed by atoms with Gasteiger partial charge in [0.15, 0.2) is 0 Å². The van der Waals surface area contributed by atoms with Crippen molar-refractivity contribution in [3.8, 4) is 50.5 Å². The fraction of sp³-hybridized carbons (Fsp3) is 0.0200. The predicted octanol–water partition coefficient (Wildman–Crippen LogP) is 14.2. The Morgan fingerprint density at radius 3 is 1.65 bits per heavy atom. The molecule has 0 aliphatic heterocycles. The van der Waals surface area contributed by atoms with Crippen molar-refractivity contribution in [2.45, 2.75) is 6.18 Å². The lowest BCUT2D eigenvalue weighted by Gasteiger charge is -2.19. The molecule has 0 amide bonds. The van der Waals surface area contributed by atoms with E-state index in [0.717, 1.165) is 72.7 Å². The molecular weight excluding hydrogens is 686 g/mol. The molecule has 0 aliphatic carbocycles. The molecule has 0 spiro atoms. The third-order valence-corrected chi connectivity index (χ3v) is 10.6. The van der Waals surface area contributed by atoms with E-state index in [1.807, 2.05) is 71.3 Å². The van der Waals surface area contributed by atoms with E-state index in [9.17, 15) is 13.2 Å². The molecule has 2 nitrogen and oxygen atoms in total.